The van der Waals surface area contributed by atoms with Crippen molar-refractivity contribution in [1.29, 1.82) is 0 Å². The highest BCUT2D eigenvalue weighted by atomic mass is 19.4. The van der Waals surface area contributed by atoms with Crippen molar-refractivity contribution >= 4 is 5.78 Å². The molecule has 3 atom stereocenters. The van der Waals surface area contributed by atoms with Gasteiger partial charge in [-0.3, -0.25) is 10.1 Å². The normalized spacial score (nSPS) is 16.7. The van der Waals surface area contributed by atoms with E-state index in [-0.39, 0.29) is 0 Å². The first-order valence-electron chi connectivity index (χ1n) is 6.11. The minimum absolute atomic E-state index is 0.477. The van der Waals surface area contributed by atoms with Crippen molar-refractivity contribution in [2.45, 2.75) is 39.0 Å². The maximum Gasteiger partial charge on any atom is 0.404 e. The molecule has 0 amide bonds. The van der Waals surface area contributed by atoms with Gasteiger partial charge in [0.2, 0.25) is 0 Å². The van der Waals surface area contributed by atoms with Crippen LogP contribution in [0.1, 0.15) is 32.4 Å². The fraction of sp³-hybridized carbons (Fsp3) is 0.500. The molecule has 0 saturated heterocycles. The van der Waals surface area contributed by atoms with E-state index in [9.17, 15) is 18.0 Å². The number of alkyl halides is 3. The minimum atomic E-state index is -4.45. The van der Waals surface area contributed by atoms with Gasteiger partial charge in [0.15, 0.2) is 0 Å². The maximum atomic E-state index is 13.0. The molecular formula is C14H18F3NO. The first kappa shape index (κ1) is 15.7. The molecule has 1 rings (SSSR count). The molecule has 106 valence electrons. The predicted molar refractivity (Wildman–Crippen MR) is 67.7 cm³/mol. The SMILES string of the molecule is CC(=O)[C@H](C)[C@@H](N[C@H](C)c1ccccc1)C(F)(F)F. The molecule has 5 heteroatoms. The molecule has 1 N–H and O–H groups in total. The number of nitrogens with one attached hydrogen (secondary N) is 1. The Hall–Kier alpha value is -1.36. The Bertz CT molecular complexity index is 416. The van der Waals surface area contributed by atoms with E-state index < -0.39 is 30.0 Å². The summed E-state index contributed by atoms with van der Waals surface area (Å²) >= 11 is 0. The van der Waals surface area contributed by atoms with E-state index in [4.69, 9.17) is 0 Å². The van der Waals surface area contributed by atoms with Crippen LogP contribution < -0.4 is 5.32 Å². The Kier molecular flexibility index (Phi) is 5.11. The highest BCUT2D eigenvalue weighted by Crippen LogP contribution is 2.28. The Morgan fingerprint density at radius 1 is 1.16 bits per heavy atom. The van der Waals surface area contributed by atoms with Crippen molar-refractivity contribution in [2.75, 3.05) is 0 Å². The van der Waals surface area contributed by atoms with Crippen LogP contribution in [0.3, 0.4) is 0 Å². The van der Waals surface area contributed by atoms with Gasteiger partial charge < -0.3 is 0 Å². The fourth-order valence-electron chi connectivity index (χ4n) is 1.86. The topological polar surface area (TPSA) is 29.1 Å². The molecule has 0 aliphatic heterocycles. The summed E-state index contributed by atoms with van der Waals surface area (Å²) in [7, 11) is 0. The lowest BCUT2D eigenvalue weighted by Gasteiger charge is -2.29. The molecule has 0 radical (unpaired) electrons. The van der Waals surface area contributed by atoms with Gasteiger partial charge in [-0.2, -0.15) is 13.2 Å². The number of hydrogen-bond acceptors (Lipinski definition) is 2. The van der Waals surface area contributed by atoms with Crippen molar-refractivity contribution in [1.82, 2.24) is 5.32 Å². The summed E-state index contributed by atoms with van der Waals surface area (Å²) in [5.41, 5.74) is 0.757. The van der Waals surface area contributed by atoms with Crippen LogP contribution in [0, 0.1) is 5.92 Å². The van der Waals surface area contributed by atoms with Gasteiger partial charge in [-0.05, 0) is 19.4 Å². The molecule has 0 aromatic heterocycles. The van der Waals surface area contributed by atoms with E-state index in [1.54, 1.807) is 37.3 Å². The molecule has 0 aliphatic carbocycles. The molecule has 0 spiro atoms. The van der Waals surface area contributed by atoms with Gasteiger partial charge in [-0.1, -0.05) is 37.3 Å². The van der Waals surface area contributed by atoms with E-state index in [0.717, 1.165) is 5.56 Å². The lowest BCUT2D eigenvalue weighted by molar-refractivity contribution is -0.172. The summed E-state index contributed by atoms with van der Waals surface area (Å²) in [6, 6.07) is 6.53. The fourth-order valence-corrected chi connectivity index (χ4v) is 1.86. The van der Waals surface area contributed by atoms with Crippen LogP contribution in [0.5, 0.6) is 0 Å². The number of ketones is 1. The van der Waals surface area contributed by atoms with Crippen LogP contribution >= 0.6 is 0 Å². The lowest BCUT2D eigenvalue weighted by Crippen LogP contribution is -2.49. The van der Waals surface area contributed by atoms with Gasteiger partial charge in [0.1, 0.15) is 11.8 Å². The van der Waals surface area contributed by atoms with Crippen LogP contribution in [-0.2, 0) is 4.79 Å². The smallest absolute Gasteiger partial charge is 0.300 e. The van der Waals surface area contributed by atoms with E-state index in [2.05, 4.69) is 5.32 Å². The van der Waals surface area contributed by atoms with Gasteiger partial charge in [-0.25, -0.2) is 0 Å². The van der Waals surface area contributed by atoms with Crippen molar-refractivity contribution < 1.29 is 18.0 Å². The number of benzene rings is 1. The van der Waals surface area contributed by atoms with E-state index in [0.29, 0.717) is 0 Å². The third-order valence-electron chi connectivity index (χ3n) is 3.22. The van der Waals surface area contributed by atoms with Gasteiger partial charge in [0, 0.05) is 12.0 Å². The predicted octanol–water partition coefficient (Wildman–Crippen LogP) is 3.49. The Labute approximate surface area is 111 Å². The summed E-state index contributed by atoms with van der Waals surface area (Å²) < 4.78 is 39.0. The van der Waals surface area contributed by atoms with E-state index in [1.165, 1.54) is 13.8 Å². The monoisotopic (exact) mass is 273 g/mol. The van der Waals surface area contributed by atoms with Crippen LogP contribution in [0.25, 0.3) is 0 Å². The quantitative estimate of drug-likeness (QED) is 0.889. The van der Waals surface area contributed by atoms with Crippen LogP contribution in [0.2, 0.25) is 0 Å². The third-order valence-corrected chi connectivity index (χ3v) is 3.22. The number of halogens is 3. The summed E-state index contributed by atoms with van der Waals surface area (Å²) in [4.78, 5) is 11.2. The van der Waals surface area contributed by atoms with Crippen LogP contribution in [0.4, 0.5) is 13.2 Å². The highest BCUT2D eigenvalue weighted by molar-refractivity contribution is 5.78. The molecule has 1 aromatic rings. The van der Waals surface area contributed by atoms with Gasteiger partial charge in [-0.15, -0.1) is 0 Å². The number of carbonyl (C=O) groups excluding carboxylic acids is 1. The van der Waals surface area contributed by atoms with Gasteiger partial charge in [0.05, 0.1) is 0 Å². The molecule has 19 heavy (non-hydrogen) atoms. The first-order valence-corrected chi connectivity index (χ1v) is 6.11. The standard InChI is InChI=1S/C14H18F3NO/c1-9(11(3)19)13(14(15,16)17)18-10(2)12-7-5-4-6-8-12/h4-10,13,18H,1-3H3/t9-,10+,13+/m0/s1. The summed E-state index contributed by atoms with van der Waals surface area (Å²) in [6.07, 6.45) is -4.45. The second kappa shape index (κ2) is 6.19. The zero-order valence-electron chi connectivity index (χ0n) is 11.2. The molecule has 0 saturated carbocycles. The number of hydrogen-bond donors (Lipinski definition) is 1. The molecule has 0 aliphatic rings. The second-order valence-electron chi connectivity index (χ2n) is 4.72. The zero-order chi connectivity index (χ0) is 14.6. The summed E-state index contributed by atoms with van der Waals surface area (Å²) in [5, 5.41) is 2.51. The van der Waals surface area contributed by atoms with Crippen molar-refractivity contribution in [2.24, 2.45) is 5.92 Å². The molecule has 1 aromatic carbocycles. The average molecular weight is 273 g/mol. The Balaban J connectivity index is 2.87. The average Bonchev–Trinajstić information content (AvgIpc) is 2.34. The molecule has 0 heterocycles. The molecule has 0 unspecified atom stereocenters. The Morgan fingerprint density at radius 2 is 1.68 bits per heavy atom. The lowest BCUT2D eigenvalue weighted by atomic mass is 9.95. The number of Topliss-reactive ketones (excluding diaryl/α,β-unsaturated/α-hetero) is 1. The molecular weight excluding hydrogens is 255 g/mol. The minimum Gasteiger partial charge on any atom is -0.300 e. The largest absolute Gasteiger partial charge is 0.404 e. The zero-order valence-corrected chi connectivity index (χ0v) is 11.2. The van der Waals surface area contributed by atoms with Crippen LogP contribution in [0.15, 0.2) is 30.3 Å². The maximum absolute atomic E-state index is 13.0. The molecule has 0 fully saturated rings. The first-order chi connectivity index (χ1) is 8.73. The number of carbonyl (C=O) groups is 1. The number of rotatable bonds is 5. The van der Waals surface area contributed by atoms with Gasteiger partial charge >= 0.3 is 6.18 Å². The van der Waals surface area contributed by atoms with Crippen molar-refractivity contribution in [3.05, 3.63) is 35.9 Å². The van der Waals surface area contributed by atoms with Crippen molar-refractivity contribution in [3.63, 3.8) is 0 Å². The summed E-state index contributed by atoms with van der Waals surface area (Å²) in [5.74, 6) is -1.58. The Morgan fingerprint density at radius 3 is 2.11 bits per heavy atom. The second-order valence-corrected chi connectivity index (χ2v) is 4.72. The highest BCUT2D eigenvalue weighted by Gasteiger charge is 2.45. The molecule has 0 bridgehead atoms. The van der Waals surface area contributed by atoms with Gasteiger partial charge in [0.25, 0.3) is 0 Å². The van der Waals surface area contributed by atoms with E-state index in [1.807, 2.05) is 0 Å². The van der Waals surface area contributed by atoms with Crippen molar-refractivity contribution in [3.8, 4) is 0 Å². The molecule has 2 nitrogen and oxygen atoms in total. The van der Waals surface area contributed by atoms with E-state index >= 15 is 0 Å². The third kappa shape index (κ3) is 4.35. The summed E-state index contributed by atoms with van der Waals surface area (Å²) in [6.45, 7) is 4.13. The van der Waals surface area contributed by atoms with Crippen LogP contribution in [-0.4, -0.2) is 18.0 Å².